The van der Waals surface area contributed by atoms with Gasteiger partial charge in [0.1, 0.15) is 12.6 Å². The van der Waals surface area contributed by atoms with Crippen molar-refractivity contribution in [2.45, 2.75) is 33.4 Å². The second-order valence-corrected chi connectivity index (χ2v) is 8.03. The van der Waals surface area contributed by atoms with E-state index >= 15 is 0 Å². The van der Waals surface area contributed by atoms with Gasteiger partial charge in [0.2, 0.25) is 5.91 Å². The van der Waals surface area contributed by atoms with Crippen LogP contribution in [0.15, 0.2) is 28.7 Å². The molecule has 1 aromatic carbocycles. The zero-order chi connectivity index (χ0) is 18.8. The molecule has 0 spiro atoms. The van der Waals surface area contributed by atoms with E-state index in [9.17, 15) is 10.1 Å². The third-order valence-electron chi connectivity index (χ3n) is 5.27. The minimum Gasteiger partial charge on any atom is -0.339 e. The molecule has 3 rings (SSSR count). The molecule has 1 aromatic heterocycles. The minimum atomic E-state index is -0.0705. The molecule has 2 heterocycles. The fraction of sp³-hybridized carbons (Fsp3) is 0.500. The number of carbonyl (C=O) groups excluding carboxylic acids is 1. The second kappa shape index (κ2) is 7.81. The molecule has 0 radical (unpaired) electrons. The maximum atomic E-state index is 12.9. The number of para-hydroxylation sites is 1. The van der Waals surface area contributed by atoms with E-state index in [1.807, 2.05) is 24.0 Å². The van der Waals surface area contributed by atoms with Gasteiger partial charge in [0.15, 0.2) is 0 Å². The molecule has 138 valence electrons. The third kappa shape index (κ3) is 3.51. The molecule has 0 bridgehead atoms. The molecule has 6 heteroatoms. The first-order valence-corrected chi connectivity index (χ1v) is 9.88. The van der Waals surface area contributed by atoms with Gasteiger partial charge < -0.3 is 9.47 Å². The van der Waals surface area contributed by atoms with Crippen LogP contribution in [0.3, 0.4) is 0 Å². The maximum Gasteiger partial charge on any atom is 0.242 e. The Kier molecular flexibility index (Phi) is 5.69. The Morgan fingerprint density at radius 3 is 2.50 bits per heavy atom. The van der Waals surface area contributed by atoms with Crippen molar-refractivity contribution >= 4 is 32.7 Å². The number of piperazine rings is 1. The molecule has 2 aromatic rings. The Hall–Kier alpha value is -1.84. The summed E-state index contributed by atoms with van der Waals surface area (Å²) in [5, 5.41) is 10.5. The molecule has 0 aliphatic carbocycles. The minimum absolute atomic E-state index is 0.0705. The molecule has 1 unspecified atom stereocenters. The fourth-order valence-corrected chi connectivity index (χ4v) is 4.28. The number of nitrogens with zero attached hydrogens (tertiary/aromatic N) is 4. The van der Waals surface area contributed by atoms with Crippen molar-refractivity contribution in [3.8, 4) is 6.07 Å². The van der Waals surface area contributed by atoms with Crippen molar-refractivity contribution in [3.63, 3.8) is 0 Å². The van der Waals surface area contributed by atoms with Gasteiger partial charge in [-0.3, -0.25) is 9.69 Å². The van der Waals surface area contributed by atoms with E-state index in [1.165, 1.54) is 0 Å². The van der Waals surface area contributed by atoms with Gasteiger partial charge in [-0.15, -0.1) is 0 Å². The number of halogens is 1. The van der Waals surface area contributed by atoms with Crippen LogP contribution in [0.5, 0.6) is 0 Å². The molecule has 0 saturated carbocycles. The summed E-state index contributed by atoms with van der Waals surface area (Å²) in [5.41, 5.74) is 2.15. The zero-order valence-corrected chi connectivity index (χ0v) is 17.2. The zero-order valence-electron chi connectivity index (χ0n) is 15.6. The number of benzene rings is 1. The smallest absolute Gasteiger partial charge is 0.242 e. The van der Waals surface area contributed by atoms with Crippen molar-refractivity contribution in [2.24, 2.45) is 5.92 Å². The molecule has 5 nitrogen and oxygen atoms in total. The number of hydrogen-bond donors (Lipinski definition) is 0. The predicted molar refractivity (Wildman–Crippen MR) is 107 cm³/mol. The van der Waals surface area contributed by atoms with Crippen LogP contribution in [0.1, 0.15) is 19.5 Å². The van der Waals surface area contributed by atoms with Crippen molar-refractivity contribution in [2.75, 3.05) is 26.2 Å². The number of aromatic nitrogens is 1. The number of hydrogen-bond acceptors (Lipinski definition) is 3. The summed E-state index contributed by atoms with van der Waals surface area (Å²) in [6.45, 7) is 9.42. The molecule has 1 aliphatic rings. The SMILES string of the molecule is Cc1c(Br)c2ccccc2n1CC(=O)N1CCN(C(C#N)C(C)C)CC1. The number of amides is 1. The first-order chi connectivity index (χ1) is 12.4. The number of nitriles is 1. The van der Waals surface area contributed by atoms with E-state index in [2.05, 4.69) is 57.4 Å². The van der Waals surface area contributed by atoms with E-state index in [0.717, 1.165) is 34.2 Å². The molecule has 1 atom stereocenters. The standard InChI is InChI=1S/C20H25BrN4O/c1-14(2)18(12-22)23-8-10-24(11-9-23)19(26)13-25-15(3)20(21)16-6-4-5-7-17(16)25/h4-7,14,18H,8-11,13H2,1-3H3. The predicted octanol–water partition coefficient (Wildman–Crippen LogP) is 3.40. The van der Waals surface area contributed by atoms with Crippen molar-refractivity contribution < 1.29 is 4.79 Å². The van der Waals surface area contributed by atoms with Gasteiger partial charge in [-0.05, 0) is 34.8 Å². The molecule has 1 saturated heterocycles. The monoisotopic (exact) mass is 416 g/mol. The van der Waals surface area contributed by atoms with Crippen LogP contribution >= 0.6 is 15.9 Å². The Morgan fingerprint density at radius 1 is 1.23 bits per heavy atom. The molecule has 1 aliphatic heterocycles. The lowest BCUT2D eigenvalue weighted by molar-refractivity contribution is -0.133. The van der Waals surface area contributed by atoms with E-state index in [1.54, 1.807) is 0 Å². The highest BCUT2D eigenvalue weighted by atomic mass is 79.9. The van der Waals surface area contributed by atoms with Gasteiger partial charge in [0.05, 0.1) is 6.07 Å². The molecule has 26 heavy (non-hydrogen) atoms. The van der Waals surface area contributed by atoms with E-state index in [0.29, 0.717) is 25.6 Å². The van der Waals surface area contributed by atoms with Crippen LogP contribution < -0.4 is 0 Å². The summed E-state index contributed by atoms with van der Waals surface area (Å²) in [6, 6.07) is 10.5. The Balaban J connectivity index is 1.69. The maximum absolute atomic E-state index is 12.9. The van der Waals surface area contributed by atoms with Crippen LogP contribution in [0.4, 0.5) is 0 Å². The first kappa shape index (κ1) is 18.9. The largest absolute Gasteiger partial charge is 0.339 e. The molecule has 1 amide bonds. The number of rotatable bonds is 4. The summed E-state index contributed by atoms with van der Waals surface area (Å²) in [5.74, 6) is 0.438. The fourth-order valence-electron chi connectivity index (χ4n) is 3.73. The third-order valence-corrected chi connectivity index (χ3v) is 6.27. The van der Waals surface area contributed by atoms with Crippen molar-refractivity contribution in [1.82, 2.24) is 14.4 Å². The van der Waals surface area contributed by atoms with Crippen LogP contribution in [0.25, 0.3) is 10.9 Å². The first-order valence-electron chi connectivity index (χ1n) is 9.08. The average Bonchev–Trinajstić information content (AvgIpc) is 2.88. The van der Waals surface area contributed by atoms with E-state index in [4.69, 9.17) is 0 Å². The van der Waals surface area contributed by atoms with Gasteiger partial charge in [-0.1, -0.05) is 32.0 Å². The summed E-state index contributed by atoms with van der Waals surface area (Å²) >= 11 is 3.65. The number of fused-ring (bicyclic) bond motifs is 1. The number of carbonyl (C=O) groups is 1. The van der Waals surface area contributed by atoms with Gasteiger partial charge in [-0.2, -0.15) is 5.26 Å². The average molecular weight is 417 g/mol. The summed E-state index contributed by atoms with van der Waals surface area (Å²) in [6.07, 6.45) is 0. The quantitative estimate of drug-likeness (QED) is 0.766. The highest BCUT2D eigenvalue weighted by Gasteiger charge is 2.28. The van der Waals surface area contributed by atoms with Gasteiger partial charge >= 0.3 is 0 Å². The molecule has 0 N–H and O–H groups in total. The highest BCUT2D eigenvalue weighted by Crippen LogP contribution is 2.30. The lowest BCUT2D eigenvalue weighted by atomic mass is 10.0. The normalized spacial score (nSPS) is 16.8. The Morgan fingerprint density at radius 2 is 1.88 bits per heavy atom. The summed E-state index contributed by atoms with van der Waals surface area (Å²) < 4.78 is 3.14. The van der Waals surface area contributed by atoms with Gasteiger partial charge in [0.25, 0.3) is 0 Å². The molecule has 1 fully saturated rings. The van der Waals surface area contributed by atoms with Crippen LogP contribution in [-0.4, -0.2) is 52.5 Å². The summed E-state index contributed by atoms with van der Waals surface area (Å²) in [4.78, 5) is 17.0. The van der Waals surface area contributed by atoms with Crippen molar-refractivity contribution in [1.29, 1.82) is 5.26 Å². The lowest BCUT2D eigenvalue weighted by Gasteiger charge is -2.38. The van der Waals surface area contributed by atoms with Gasteiger partial charge in [-0.25, -0.2) is 0 Å². The lowest BCUT2D eigenvalue weighted by Crippen LogP contribution is -2.53. The highest BCUT2D eigenvalue weighted by molar-refractivity contribution is 9.10. The molecular weight excluding hydrogens is 392 g/mol. The topological polar surface area (TPSA) is 52.3 Å². The van der Waals surface area contributed by atoms with Crippen LogP contribution in [-0.2, 0) is 11.3 Å². The Labute approximate surface area is 163 Å². The van der Waals surface area contributed by atoms with Crippen LogP contribution in [0, 0.1) is 24.2 Å². The van der Waals surface area contributed by atoms with E-state index in [-0.39, 0.29) is 11.9 Å². The van der Waals surface area contributed by atoms with Gasteiger partial charge in [0, 0.05) is 47.2 Å². The Bertz CT molecular complexity index is 843. The van der Waals surface area contributed by atoms with Crippen LogP contribution in [0.2, 0.25) is 0 Å². The van der Waals surface area contributed by atoms with E-state index < -0.39 is 0 Å². The molecular formula is C20H25BrN4O. The summed E-state index contributed by atoms with van der Waals surface area (Å²) in [7, 11) is 0. The van der Waals surface area contributed by atoms with Crippen molar-refractivity contribution in [3.05, 3.63) is 34.4 Å². The second-order valence-electron chi connectivity index (χ2n) is 7.24.